The first-order valence-corrected chi connectivity index (χ1v) is 7.75. The summed E-state index contributed by atoms with van der Waals surface area (Å²) in [6.07, 6.45) is 1.80. The molecule has 1 fully saturated rings. The van der Waals surface area contributed by atoms with Crippen molar-refractivity contribution in [3.05, 3.63) is 35.4 Å². The Morgan fingerprint density at radius 2 is 2.05 bits per heavy atom. The number of hydrogen-bond donors (Lipinski definition) is 1. The highest BCUT2D eigenvalue weighted by Gasteiger charge is 2.32. The second-order valence-corrected chi connectivity index (χ2v) is 6.06. The third-order valence-corrected chi connectivity index (χ3v) is 4.17. The molecule has 0 aromatic heterocycles. The molecule has 0 radical (unpaired) electrons. The van der Waals surface area contributed by atoms with Gasteiger partial charge in [0.05, 0.1) is 12.6 Å². The summed E-state index contributed by atoms with van der Waals surface area (Å²) >= 11 is 0. The quantitative estimate of drug-likeness (QED) is 0.888. The molecule has 0 aliphatic carbocycles. The highest BCUT2D eigenvalue weighted by atomic mass is 16.2. The maximum Gasteiger partial charge on any atom is 0.239 e. The molecule has 120 valence electrons. The van der Waals surface area contributed by atoms with Crippen molar-refractivity contribution in [3.8, 4) is 0 Å². The summed E-state index contributed by atoms with van der Waals surface area (Å²) in [6.45, 7) is 3.66. The van der Waals surface area contributed by atoms with Gasteiger partial charge in [0.15, 0.2) is 0 Å². The van der Waals surface area contributed by atoms with Gasteiger partial charge in [0.1, 0.15) is 0 Å². The van der Waals surface area contributed by atoms with Crippen LogP contribution in [0.3, 0.4) is 0 Å². The molecule has 1 saturated heterocycles. The molecular weight excluding hydrogens is 278 g/mol. The summed E-state index contributed by atoms with van der Waals surface area (Å²) < 4.78 is 0. The average molecular weight is 303 g/mol. The van der Waals surface area contributed by atoms with Crippen LogP contribution >= 0.6 is 0 Å². The van der Waals surface area contributed by atoms with Gasteiger partial charge in [-0.1, -0.05) is 24.3 Å². The molecule has 2 amide bonds. The summed E-state index contributed by atoms with van der Waals surface area (Å²) in [5.74, 6) is 0.0610. The lowest BCUT2D eigenvalue weighted by Gasteiger charge is -2.25. The molecule has 1 unspecified atom stereocenters. The van der Waals surface area contributed by atoms with Gasteiger partial charge in [-0.25, -0.2) is 0 Å². The molecule has 1 atom stereocenters. The molecule has 0 spiro atoms. The van der Waals surface area contributed by atoms with Crippen LogP contribution in [-0.2, 0) is 16.1 Å². The number of likely N-dealkylation sites (tertiary alicyclic amines) is 1. The molecule has 2 rings (SSSR count). The van der Waals surface area contributed by atoms with Crippen molar-refractivity contribution >= 4 is 11.8 Å². The number of carbonyl (C=O) groups is 2. The number of aryl methyl sites for hydroxylation is 1. The predicted octanol–water partition coefficient (Wildman–Crippen LogP) is 1.16. The van der Waals surface area contributed by atoms with E-state index >= 15 is 0 Å². The van der Waals surface area contributed by atoms with E-state index in [1.807, 2.05) is 36.1 Å². The fourth-order valence-electron chi connectivity index (χ4n) is 2.84. The molecule has 0 bridgehead atoms. The van der Waals surface area contributed by atoms with Gasteiger partial charge in [-0.3, -0.25) is 14.5 Å². The maximum absolute atomic E-state index is 12.1. The highest BCUT2D eigenvalue weighted by Crippen LogP contribution is 2.18. The topological polar surface area (TPSA) is 52.7 Å². The Balaban J connectivity index is 1.86. The van der Waals surface area contributed by atoms with Gasteiger partial charge in [-0.2, -0.15) is 0 Å². The molecule has 5 nitrogen and oxygen atoms in total. The standard InChI is InChI=1S/C17H25N3O2/c1-13-7-4-5-8-14(13)11-18-16(21)12-20-10-6-9-15(20)17(22)19(2)3/h4-5,7-8,15H,6,9-12H2,1-3H3,(H,18,21). The zero-order valence-electron chi connectivity index (χ0n) is 13.6. The van der Waals surface area contributed by atoms with E-state index in [0.29, 0.717) is 6.54 Å². The normalized spacial score (nSPS) is 18.2. The number of nitrogens with one attached hydrogen (secondary N) is 1. The fourth-order valence-corrected chi connectivity index (χ4v) is 2.84. The van der Waals surface area contributed by atoms with E-state index in [4.69, 9.17) is 0 Å². The second kappa shape index (κ2) is 7.40. The summed E-state index contributed by atoms with van der Waals surface area (Å²) in [6, 6.07) is 7.86. The molecule has 1 N–H and O–H groups in total. The Hall–Kier alpha value is -1.88. The van der Waals surface area contributed by atoms with Crippen LogP contribution in [-0.4, -0.2) is 54.8 Å². The SMILES string of the molecule is Cc1ccccc1CNC(=O)CN1CCCC1C(=O)N(C)C. The predicted molar refractivity (Wildman–Crippen MR) is 86.3 cm³/mol. The molecular formula is C17H25N3O2. The van der Waals surface area contributed by atoms with Gasteiger partial charge in [-0.05, 0) is 37.4 Å². The van der Waals surface area contributed by atoms with Gasteiger partial charge in [-0.15, -0.1) is 0 Å². The van der Waals surface area contributed by atoms with E-state index < -0.39 is 0 Å². The minimum absolute atomic E-state index is 0.0262. The van der Waals surface area contributed by atoms with Crippen molar-refractivity contribution in [2.24, 2.45) is 0 Å². The van der Waals surface area contributed by atoms with Crippen LogP contribution in [0.25, 0.3) is 0 Å². The zero-order valence-corrected chi connectivity index (χ0v) is 13.6. The van der Waals surface area contributed by atoms with Crippen LogP contribution in [0, 0.1) is 6.92 Å². The molecule has 1 aromatic carbocycles. The first-order valence-electron chi connectivity index (χ1n) is 7.75. The van der Waals surface area contributed by atoms with Gasteiger partial charge in [0, 0.05) is 20.6 Å². The molecule has 22 heavy (non-hydrogen) atoms. The Labute approximate surface area is 132 Å². The van der Waals surface area contributed by atoms with Crippen molar-refractivity contribution in [1.82, 2.24) is 15.1 Å². The first-order chi connectivity index (χ1) is 10.5. The fraction of sp³-hybridized carbons (Fsp3) is 0.529. The Morgan fingerprint density at radius 1 is 1.32 bits per heavy atom. The summed E-state index contributed by atoms with van der Waals surface area (Å²) in [5, 5.41) is 2.95. The van der Waals surface area contributed by atoms with E-state index in [9.17, 15) is 9.59 Å². The Morgan fingerprint density at radius 3 is 2.73 bits per heavy atom. The smallest absolute Gasteiger partial charge is 0.239 e. The number of likely N-dealkylation sites (N-methyl/N-ethyl adjacent to an activating group) is 1. The number of rotatable bonds is 5. The van der Waals surface area contributed by atoms with E-state index in [0.717, 1.165) is 24.9 Å². The molecule has 0 saturated carbocycles. The Bertz CT molecular complexity index is 542. The number of carbonyl (C=O) groups excluding carboxylic acids is 2. The summed E-state index contributed by atoms with van der Waals surface area (Å²) in [4.78, 5) is 27.8. The second-order valence-electron chi connectivity index (χ2n) is 6.06. The molecule has 1 aliphatic heterocycles. The van der Waals surface area contributed by atoms with Crippen LogP contribution in [0.5, 0.6) is 0 Å². The lowest BCUT2D eigenvalue weighted by molar-refractivity contribution is -0.134. The molecule has 1 heterocycles. The Kier molecular flexibility index (Phi) is 5.55. The van der Waals surface area contributed by atoms with Crippen molar-refractivity contribution in [3.63, 3.8) is 0 Å². The molecule has 1 aromatic rings. The van der Waals surface area contributed by atoms with Crippen LogP contribution in [0.4, 0.5) is 0 Å². The maximum atomic E-state index is 12.1. The van der Waals surface area contributed by atoms with Crippen molar-refractivity contribution in [1.29, 1.82) is 0 Å². The lowest BCUT2D eigenvalue weighted by Crippen LogP contribution is -2.46. The minimum atomic E-state index is -0.154. The zero-order chi connectivity index (χ0) is 16.1. The van der Waals surface area contributed by atoms with Crippen LogP contribution in [0.15, 0.2) is 24.3 Å². The molecule has 5 heteroatoms. The van der Waals surface area contributed by atoms with Gasteiger partial charge in [0.2, 0.25) is 11.8 Å². The van der Waals surface area contributed by atoms with Crippen LogP contribution in [0.2, 0.25) is 0 Å². The third-order valence-electron chi connectivity index (χ3n) is 4.17. The van der Waals surface area contributed by atoms with E-state index in [1.54, 1.807) is 19.0 Å². The lowest BCUT2D eigenvalue weighted by atomic mass is 10.1. The summed E-state index contributed by atoms with van der Waals surface area (Å²) in [7, 11) is 3.52. The van der Waals surface area contributed by atoms with Crippen molar-refractivity contribution in [2.75, 3.05) is 27.2 Å². The van der Waals surface area contributed by atoms with Crippen molar-refractivity contribution < 1.29 is 9.59 Å². The van der Waals surface area contributed by atoms with E-state index in [-0.39, 0.29) is 24.4 Å². The summed E-state index contributed by atoms with van der Waals surface area (Å²) in [5.41, 5.74) is 2.29. The largest absolute Gasteiger partial charge is 0.351 e. The monoisotopic (exact) mass is 303 g/mol. The van der Waals surface area contributed by atoms with Crippen molar-refractivity contribution in [2.45, 2.75) is 32.4 Å². The van der Waals surface area contributed by atoms with Gasteiger partial charge < -0.3 is 10.2 Å². The number of hydrogen-bond acceptors (Lipinski definition) is 3. The first kappa shape index (κ1) is 16.5. The van der Waals surface area contributed by atoms with E-state index in [2.05, 4.69) is 5.32 Å². The minimum Gasteiger partial charge on any atom is -0.351 e. The highest BCUT2D eigenvalue weighted by molar-refractivity contribution is 5.83. The number of nitrogens with zero attached hydrogens (tertiary/aromatic N) is 2. The molecule has 1 aliphatic rings. The van der Waals surface area contributed by atoms with Crippen LogP contribution < -0.4 is 5.32 Å². The number of benzene rings is 1. The van der Waals surface area contributed by atoms with E-state index in [1.165, 1.54) is 5.56 Å². The van der Waals surface area contributed by atoms with Gasteiger partial charge >= 0.3 is 0 Å². The van der Waals surface area contributed by atoms with Crippen LogP contribution in [0.1, 0.15) is 24.0 Å². The van der Waals surface area contributed by atoms with Gasteiger partial charge in [0.25, 0.3) is 0 Å². The third kappa shape index (κ3) is 4.07. The average Bonchev–Trinajstić information content (AvgIpc) is 2.93. The number of amides is 2.